The van der Waals surface area contributed by atoms with Gasteiger partial charge in [0.05, 0.1) is 5.56 Å². The topological polar surface area (TPSA) is 86.7 Å². The van der Waals surface area contributed by atoms with Crippen molar-refractivity contribution in [3.05, 3.63) is 94.1 Å². The van der Waals surface area contributed by atoms with Crippen LogP contribution < -0.4 is 0 Å². The van der Waals surface area contributed by atoms with Crippen molar-refractivity contribution in [2.45, 2.75) is 20.4 Å². The molecule has 158 valence electrons. The molecule has 0 aliphatic carbocycles. The third-order valence-electron chi connectivity index (χ3n) is 5.37. The fourth-order valence-electron chi connectivity index (χ4n) is 3.80. The maximum absolute atomic E-state index is 13.5. The first kappa shape index (κ1) is 20.1. The molecule has 0 saturated heterocycles. The van der Waals surface area contributed by atoms with Crippen LogP contribution in [0.4, 0.5) is 0 Å². The van der Waals surface area contributed by atoms with Gasteiger partial charge in [-0.1, -0.05) is 35.4 Å². The second-order valence-corrected chi connectivity index (χ2v) is 7.98. The minimum absolute atomic E-state index is 0.0826. The SMILES string of the molecule is Cc1ccc2c(c1)c(C(=O)c1nnc(-c3cccnn3)o1)c(C)n2Cc1ccc(Cl)cc1. The number of fused-ring (bicyclic) bond motifs is 1. The number of halogens is 1. The van der Waals surface area contributed by atoms with Gasteiger partial charge in [0.15, 0.2) is 0 Å². The van der Waals surface area contributed by atoms with E-state index < -0.39 is 0 Å². The number of ketones is 1. The predicted octanol–water partition coefficient (Wildman–Crippen LogP) is 5.03. The molecule has 32 heavy (non-hydrogen) atoms. The molecule has 7 nitrogen and oxygen atoms in total. The zero-order chi connectivity index (χ0) is 22.2. The molecule has 0 unspecified atom stereocenters. The first-order valence-electron chi connectivity index (χ1n) is 10.0. The summed E-state index contributed by atoms with van der Waals surface area (Å²) >= 11 is 6.04. The Morgan fingerprint density at radius 1 is 1.03 bits per heavy atom. The second-order valence-electron chi connectivity index (χ2n) is 7.54. The van der Waals surface area contributed by atoms with Crippen LogP contribution in [0.5, 0.6) is 0 Å². The van der Waals surface area contributed by atoms with E-state index in [2.05, 4.69) is 25.0 Å². The Balaban J connectivity index is 1.60. The van der Waals surface area contributed by atoms with Gasteiger partial charge in [-0.3, -0.25) is 4.79 Å². The van der Waals surface area contributed by atoms with E-state index >= 15 is 0 Å². The molecule has 0 saturated carbocycles. The highest BCUT2D eigenvalue weighted by atomic mass is 35.5. The molecular formula is C24H18ClN5O2. The van der Waals surface area contributed by atoms with Crippen LogP contribution in [0.1, 0.15) is 33.1 Å². The lowest BCUT2D eigenvalue weighted by Gasteiger charge is -2.09. The zero-order valence-electron chi connectivity index (χ0n) is 17.4. The molecule has 0 fully saturated rings. The van der Waals surface area contributed by atoms with Gasteiger partial charge < -0.3 is 8.98 Å². The molecule has 5 aromatic rings. The van der Waals surface area contributed by atoms with Crippen LogP contribution in [0.2, 0.25) is 5.02 Å². The Kier molecular flexibility index (Phi) is 5.03. The Bertz CT molecular complexity index is 1440. The normalized spacial score (nSPS) is 11.2. The average Bonchev–Trinajstić information content (AvgIpc) is 3.39. The quantitative estimate of drug-likeness (QED) is 0.354. The van der Waals surface area contributed by atoms with E-state index in [1.807, 2.05) is 56.3 Å². The first-order chi connectivity index (χ1) is 15.5. The van der Waals surface area contributed by atoms with Crippen molar-refractivity contribution in [2.75, 3.05) is 0 Å². The zero-order valence-corrected chi connectivity index (χ0v) is 18.2. The molecule has 0 aliphatic heterocycles. The van der Waals surface area contributed by atoms with Gasteiger partial charge in [-0.25, -0.2) is 0 Å². The summed E-state index contributed by atoms with van der Waals surface area (Å²) in [6, 6.07) is 17.2. The number of hydrogen-bond acceptors (Lipinski definition) is 6. The van der Waals surface area contributed by atoms with Crippen LogP contribution in [-0.2, 0) is 6.54 Å². The third-order valence-corrected chi connectivity index (χ3v) is 5.62. The highest BCUT2D eigenvalue weighted by Crippen LogP contribution is 2.30. The summed E-state index contributed by atoms with van der Waals surface area (Å²) in [4.78, 5) is 13.5. The van der Waals surface area contributed by atoms with Gasteiger partial charge in [-0.2, -0.15) is 5.10 Å². The van der Waals surface area contributed by atoms with Gasteiger partial charge in [0.25, 0.3) is 17.6 Å². The van der Waals surface area contributed by atoms with Crippen molar-refractivity contribution in [3.8, 4) is 11.6 Å². The Labute approximate surface area is 188 Å². The number of aromatic nitrogens is 5. The highest BCUT2D eigenvalue weighted by molar-refractivity contribution is 6.30. The molecule has 3 aromatic heterocycles. The average molecular weight is 444 g/mol. The van der Waals surface area contributed by atoms with E-state index in [0.29, 0.717) is 22.8 Å². The van der Waals surface area contributed by atoms with E-state index in [0.717, 1.165) is 27.7 Å². The number of nitrogens with zero attached hydrogens (tertiary/aromatic N) is 5. The molecule has 0 spiro atoms. The number of hydrogen-bond donors (Lipinski definition) is 0. The van der Waals surface area contributed by atoms with Gasteiger partial charge in [0.2, 0.25) is 0 Å². The third kappa shape index (κ3) is 3.56. The van der Waals surface area contributed by atoms with Crippen LogP contribution in [0.3, 0.4) is 0 Å². The van der Waals surface area contributed by atoms with Crippen molar-refractivity contribution < 1.29 is 9.21 Å². The largest absolute Gasteiger partial charge is 0.412 e. The maximum Gasteiger partial charge on any atom is 0.289 e. The van der Waals surface area contributed by atoms with Gasteiger partial charge >= 0.3 is 0 Å². The van der Waals surface area contributed by atoms with E-state index in [-0.39, 0.29) is 17.6 Å². The van der Waals surface area contributed by atoms with Gasteiger partial charge in [-0.05, 0) is 55.8 Å². The van der Waals surface area contributed by atoms with Crippen molar-refractivity contribution in [1.82, 2.24) is 25.0 Å². The lowest BCUT2D eigenvalue weighted by molar-refractivity contribution is 0.100. The van der Waals surface area contributed by atoms with Crippen molar-refractivity contribution in [3.63, 3.8) is 0 Å². The Morgan fingerprint density at radius 3 is 2.59 bits per heavy atom. The van der Waals surface area contributed by atoms with E-state index in [4.69, 9.17) is 16.0 Å². The van der Waals surface area contributed by atoms with Crippen LogP contribution in [-0.4, -0.2) is 30.7 Å². The van der Waals surface area contributed by atoms with E-state index in [1.54, 1.807) is 18.3 Å². The molecule has 8 heteroatoms. The van der Waals surface area contributed by atoms with Crippen LogP contribution in [0, 0.1) is 13.8 Å². The fourth-order valence-corrected chi connectivity index (χ4v) is 3.93. The van der Waals surface area contributed by atoms with Crippen molar-refractivity contribution in [1.29, 1.82) is 0 Å². The summed E-state index contributed by atoms with van der Waals surface area (Å²) in [5.41, 5.74) is 4.88. The van der Waals surface area contributed by atoms with Gasteiger partial charge in [0.1, 0.15) is 5.69 Å². The van der Waals surface area contributed by atoms with Crippen LogP contribution in [0.25, 0.3) is 22.5 Å². The van der Waals surface area contributed by atoms with E-state index in [9.17, 15) is 4.79 Å². The number of carbonyl (C=O) groups is 1. The summed E-state index contributed by atoms with van der Waals surface area (Å²) < 4.78 is 7.78. The van der Waals surface area contributed by atoms with Gasteiger partial charge in [0, 0.05) is 34.4 Å². The minimum Gasteiger partial charge on any atom is -0.412 e. The molecule has 0 radical (unpaired) electrons. The molecule has 0 bridgehead atoms. The Hall–Kier alpha value is -3.84. The highest BCUT2D eigenvalue weighted by Gasteiger charge is 2.26. The fraction of sp³-hybridized carbons (Fsp3) is 0.125. The monoisotopic (exact) mass is 443 g/mol. The summed E-state index contributed by atoms with van der Waals surface area (Å²) in [7, 11) is 0. The predicted molar refractivity (Wildman–Crippen MR) is 121 cm³/mol. The van der Waals surface area contributed by atoms with Crippen LogP contribution in [0.15, 0.2) is 65.2 Å². The first-order valence-corrected chi connectivity index (χ1v) is 10.4. The molecule has 2 aromatic carbocycles. The summed E-state index contributed by atoms with van der Waals surface area (Å²) in [5.74, 6) is -0.253. The second kappa shape index (κ2) is 8.01. The summed E-state index contributed by atoms with van der Waals surface area (Å²) in [6.45, 7) is 4.53. The molecule has 0 atom stereocenters. The molecule has 3 heterocycles. The van der Waals surface area contributed by atoms with E-state index in [1.165, 1.54) is 0 Å². The molecular weight excluding hydrogens is 426 g/mol. The maximum atomic E-state index is 13.5. The molecule has 0 aliphatic rings. The molecule has 5 rings (SSSR count). The van der Waals surface area contributed by atoms with Gasteiger partial charge in [-0.15, -0.1) is 15.3 Å². The summed E-state index contributed by atoms with van der Waals surface area (Å²) in [5, 5.41) is 17.3. The molecule has 0 amide bonds. The standard InChI is InChI=1S/C24H18ClN5O2/c1-14-5-10-20-18(12-14)21(15(2)30(20)13-16-6-8-17(25)9-7-16)22(31)24-29-28-23(32-24)19-4-3-11-26-27-19/h3-12H,13H2,1-2H3. The van der Waals surface area contributed by atoms with Crippen LogP contribution >= 0.6 is 11.6 Å². The number of carbonyl (C=O) groups excluding carboxylic acids is 1. The lowest BCUT2D eigenvalue weighted by Crippen LogP contribution is -2.06. The lowest BCUT2D eigenvalue weighted by atomic mass is 10.0. The minimum atomic E-state index is -0.324. The Morgan fingerprint density at radius 2 is 1.84 bits per heavy atom. The van der Waals surface area contributed by atoms with Crippen molar-refractivity contribution >= 4 is 28.3 Å². The number of aryl methyl sites for hydroxylation is 1. The smallest absolute Gasteiger partial charge is 0.289 e. The molecule has 0 N–H and O–H groups in total. The van der Waals surface area contributed by atoms with Crippen molar-refractivity contribution in [2.24, 2.45) is 0 Å². The summed E-state index contributed by atoms with van der Waals surface area (Å²) in [6.07, 6.45) is 1.55. The number of rotatable bonds is 5. The number of benzene rings is 2.